The van der Waals surface area contributed by atoms with Gasteiger partial charge in [0.15, 0.2) is 0 Å². The maximum Gasteiger partial charge on any atom is 0.308 e. The zero-order chi connectivity index (χ0) is 18.8. The number of hydrogen-bond donors (Lipinski definition) is 3. The standard InChI is InChI=1S/C20H22N4O3/c25-19(18-10-17(22-23-18)16-8-4-5-9-21-16)24-11-14(15(12-24)20(26)27)13-6-2-1-3-7-13/h1-9,14-15,17-18,22-23H,10-12H2,(H,26,27)/t14-,15+,17?,18?/m0/s1. The number of benzene rings is 1. The monoisotopic (exact) mass is 366 g/mol. The number of rotatable bonds is 4. The summed E-state index contributed by atoms with van der Waals surface area (Å²) in [5.74, 6) is -1.69. The molecule has 27 heavy (non-hydrogen) atoms. The number of likely N-dealkylation sites (tertiary alicyclic amines) is 1. The number of carbonyl (C=O) groups is 2. The number of carboxylic acid groups (broad SMARTS) is 1. The lowest BCUT2D eigenvalue weighted by Crippen LogP contribution is -2.45. The molecule has 0 saturated carbocycles. The minimum absolute atomic E-state index is 0.0389. The van der Waals surface area contributed by atoms with Gasteiger partial charge in [-0.25, -0.2) is 10.9 Å². The molecule has 2 unspecified atom stereocenters. The molecule has 1 aromatic carbocycles. The molecule has 7 nitrogen and oxygen atoms in total. The second kappa shape index (κ2) is 7.46. The number of carboxylic acids is 1. The minimum atomic E-state index is -0.858. The molecule has 1 amide bonds. The summed E-state index contributed by atoms with van der Waals surface area (Å²) in [6, 6.07) is 14.8. The van der Waals surface area contributed by atoms with Crippen LogP contribution in [0.2, 0.25) is 0 Å². The molecule has 2 saturated heterocycles. The second-order valence-corrected chi connectivity index (χ2v) is 7.09. The van der Waals surface area contributed by atoms with E-state index in [1.807, 2.05) is 48.5 Å². The zero-order valence-corrected chi connectivity index (χ0v) is 14.8. The molecule has 2 fully saturated rings. The van der Waals surface area contributed by atoms with E-state index in [0.717, 1.165) is 11.3 Å². The molecule has 0 bridgehead atoms. The van der Waals surface area contributed by atoms with Crippen LogP contribution in [0.5, 0.6) is 0 Å². The predicted molar refractivity (Wildman–Crippen MR) is 98.5 cm³/mol. The third kappa shape index (κ3) is 3.56. The molecule has 0 spiro atoms. The van der Waals surface area contributed by atoms with Crippen LogP contribution in [0.4, 0.5) is 0 Å². The van der Waals surface area contributed by atoms with Gasteiger partial charge in [-0.05, 0) is 24.1 Å². The van der Waals surface area contributed by atoms with Crippen LogP contribution in [0.3, 0.4) is 0 Å². The van der Waals surface area contributed by atoms with Gasteiger partial charge in [0.05, 0.1) is 17.7 Å². The smallest absolute Gasteiger partial charge is 0.308 e. The molecule has 7 heteroatoms. The number of amides is 1. The van der Waals surface area contributed by atoms with Gasteiger partial charge in [0.25, 0.3) is 0 Å². The van der Waals surface area contributed by atoms with E-state index in [0.29, 0.717) is 13.0 Å². The highest BCUT2D eigenvalue weighted by Crippen LogP contribution is 2.34. The fourth-order valence-corrected chi connectivity index (χ4v) is 3.99. The third-order valence-electron chi connectivity index (χ3n) is 5.42. The fourth-order valence-electron chi connectivity index (χ4n) is 3.99. The van der Waals surface area contributed by atoms with Crippen molar-refractivity contribution in [2.24, 2.45) is 5.92 Å². The van der Waals surface area contributed by atoms with E-state index >= 15 is 0 Å². The minimum Gasteiger partial charge on any atom is -0.481 e. The number of pyridine rings is 1. The van der Waals surface area contributed by atoms with Gasteiger partial charge in [-0.2, -0.15) is 0 Å². The molecule has 2 aliphatic heterocycles. The number of aliphatic carboxylic acids is 1. The normalized spacial score (nSPS) is 27.6. The van der Waals surface area contributed by atoms with Crippen LogP contribution in [0.15, 0.2) is 54.7 Å². The van der Waals surface area contributed by atoms with Crippen molar-refractivity contribution in [3.8, 4) is 0 Å². The van der Waals surface area contributed by atoms with Gasteiger partial charge in [0.1, 0.15) is 6.04 Å². The summed E-state index contributed by atoms with van der Waals surface area (Å²) in [6.45, 7) is 0.659. The molecule has 4 rings (SSSR count). The van der Waals surface area contributed by atoms with E-state index in [4.69, 9.17) is 0 Å². The molecule has 3 N–H and O–H groups in total. The van der Waals surface area contributed by atoms with Crippen molar-refractivity contribution < 1.29 is 14.7 Å². The molecule has 2 aromatic rings. The highest BCUT2D eigenvalue weighted by atomic mass is 16.4. The molecule has 3 heterocycles. The largest absolute Gasteiger partial charge is 0.481 e. The third-order valence-corrected chi connectivity index (χ3v) is 5.42. The first-order valence-electron chi connectivity index (χ1n) is 9.12. The van der Waals surface area contributed by atoms with Crippen molar-refractivity contribution >= 4 is 11.9 Å². The summed E-state index contributed by atoms with van der Waals surface area (Å²) in [5.41, 5.74) is 8.02. The van der Waals surface area contributed by atoms with Crippen LogP contribution in [-0.2, 0) is 9.59 Å². The summed E-state index contributed by atoms with van der Waals surface area (Å²) in [6.07, 6.45) is 2.31. The molecule has 140 valence electrons. The number of hydrazine groups is 1. The fraction of sp³-hybridized carbons (Fsp3) is 0.350. The lowest BCUT2D eigenvalue weighted by Gasteiger charge is -2.20. The second-order valence-electron chi connectivity index (χ2n) is 7.09. The van der Waals surface area contributed by atoms with Gasteiger partial charge >= 0.3 is 5.97 Å². The van der Waals surface area contributed by atoms with Gasteiger partial charge in [0.2, 0.25) is 5.91 Å². The van der Waals surface area contributed by atoms with Gasteiger partial charge in [-0.3, -0.25) is 14.6 Å². The van der Waals surface area contributed by atoms with Crippen molar-refractivity contribution in [1.82, 2.24) is 20.7 Å². The topological polar surface area (TPSA) is 94.6 Å². The number of carbonyl (C=O) groups excluding carboxylic acids is 1. The Labute approximate surface area is 157 Å². The Hall–Kier alpha value is -2.77. The summed E-state index contributed by atoms with van der Waals surface area (Å²) in [4.78, 5) is 30.7. The summed E-state index contributed by atoms with van der Waals surface area (Å²) in [5, 5.41) is 9.63. The number of nitrogens with zero attached hydrogens (tertiary/aromatic N) is 2. The summed E-state index contributed by atoms with van der Waals surface area (Å²) >= 11 is 0. The molecular formula is C20H22N4O3. The van der Waals surface area contributed by atoms with Crippen LogP contribution in [-0.4, -0.2) is 46.0 Å². The summed E-state index contributed by atoms with van der Waals surface area (Å²) in [7, 11) is 0. The van der Waals surface area contributed by atoms with Crippen LogP contribution in [0.1, 0.15) is 29.6 Å². The number of nitrogens with one attached hydrogen (secondary N) is 2. The SMILES string of the molecule is O=C(O)[C@@H]1CN(C(=O)C2CC(c3ccccn3)NN2)C[C@H]1c1ccccc1. The van der Waals surface area contributed by atoms with Crippen LogP contribution >= 0.6 is 0 Å². The predicted octanol–water partition coefficient (Wildman–Crippen LogP) is 1.32. The highest BCUT2D eigenvalue weighted by molar-refractivity contribution is 5.84. The molecule has 0 radical (unpaired) electrons. The first-order valence-corrected chi connectivity index (χ1v) is 9.12. The average molecular weight is 366 g/mol. The van der Waals surface area contributed by atoms with Crippen molar-refractivity contribution in [3.05, 3.63) is 66.0 Å². The molecule has 1 aromatic heterocycles. The Balaban J connectivity index is 1.46. The Morgan fingerprint density at radius 2 is 1.81 bits per heavy atom. The van der Waals surface area contributed by atoms with E-state index in [9.17, 15) is 14.7 Å². The lowest BCUT2D eigenvalue weighted by atomic mass is 9.89. The van der Waals surface area contributed by atoms with Gasteiger partial charge < -0.3 is 10.0 Å². The lowest BCUT2D eigenvalue weighted by molar-refractivity contribution is -0.142. The Morgan fingerprint density at radius 1 is 1.04 bits per heavy atom. The maximum absolute atomic E-state index is 13.0. The number of hydrogen-bond acceptors (Lipinski definition) is 5. The Morgan fingerprint density at radius 3 is 2.52 bits per heavy atom. The summed E-state index contributed by atoms with van der Waals surface area (Å²) < 4.78 is 0. The quantitative estimate of drug-likeness (QED) is 0.755. The van der Waals surface area contributed by atoms with E-state index in [2.05, 4.69) is 15.8 Å². The van der Waals surface area contributed by atoms with E-state index in [-0.39, 0.29) is 30.5 Å². The van der Waals surface area contributed by atoms with Crippen molar-refractivity contribution in [3.63, 3.8) is 0 Å². The molecular weight excluding hydrogens is 344 g/mol. The van der Waals surface area contributed by atoms with Crippen LogP contribution in [0, 0.1) is 5.92 Å². The van der Waals surface area contributed by atoms with Crippen molar-refractivity contribution in [1.29, 1.82) is 0 Å². The van der Waals surface area contributed by atoms with Crippen LogP contribution < -0.4 is 10.9 Å². The Bertz CT molecular complexity index is 814. The van der Waals surface area contributed by atoms with Gasteiger partial charge in [-0.1, -0.05) is 36.4 Å². The van der Waals surface area contributed by atoms with E-state index in [1.54, 1.807) is 11.1 Å². The zero-order valence-electron chi connectivity index (χ0n) is 14.8. The van der Waals surface area contributed by atoms with Crippen molar-refractivity contribution in [2.75, 3.05) is 13.1 Å². The van der Waals surface area contributed by atoms with Crippen molar-refractivity contribution in [2.45, 2.75) is 24.4 Å². The van der Waals surface area contributed by atoms with Crippen LogP contribution in [0.25, 0.3) is 0 Å². The van der Waals surface area contributed by atoms with E-state index in [1.165, 1.54) is 0 Å². The van der Waals surface area contributed by atoms with E-state index < -0.39 is 11.9 Å². The van der Waals surface area contributed by atoms with Gasteiger partial charge in [-0.15, -0.1) is 0 Å². The first kappa shape index (κ1) is 17.6. The number of aromatic nitrogens is 1. The molecule has 0 aliphatic carbocycles. The maximum atomic E-state index is 13.0. The molecule has 4 atom stereocenters. The average Bonchev–Trinajstić information content (AvgIpc) is 3.37. The first-order chi connectivity index (χ1) is 13.1. The highest BCUT2D eigenvalue weighted by Gasteiger charge is 2.43. The molecule has 2 aliphatic rings. The Kier molecular flexibility index (Phi) is 4.87. The van der Waals surface area contributed by atoms with Gasteiger partial charge in [0, 0.05) is 25.2 Å².